The molecule has 0 bridgehead atoms. The van der Waals surface area contributed by atoms with E-state index in [9.17, 15) is 9.59 Å². The molecule has 1 aliphatic heterocycles. The maximum absolute atomic E-state index is 12.0. The van der Waals surface area contributed by atoms with E-state index in [0.717, 1.165) is 25.9 Å². The van der Waals surface area contributed by atoms with Gasteiger partial charge in [-0.1, -0.05) is 13.8 Å². The Labute approximate surface area is 116 Å². The average molecular weight is 269 g/mol. The van der Waals surface area contributed by atoms with Crippen LogP contribution < -0.4 is 10.6 Å². The Kier molecular flexibility index (Phi) is 6.45. The van der Waals surface area contributed by atoms with Gasteiger partial charge >= 0.3 is 0 Å². The van der Waals surface area contributed by atoms with Gasteiger partial charge in [-0.05, 0) is 39.3 Å². The SMILES string of the molecule is CC(=O)C(NC(=O)CN(C)C1CCCNC1)C(C)C. The summed E-state index contributed by atoms with van der Waals surface area (Å²) in [6, 6.07) is 0.0414. The molecule has 1 aliphatic rings. The second-order valence-electron chi connectivity index (χ2n) is 5.82. The first-order valence-electron chi connectivity index (χ1n) is 7.12. The first-order chi connectivity index (χ1) is 8.91. The predicted octanol–water partition coefficient (Wildman–Crippen LogP) is 0.400. The number of likely N-dealkylation sites (N-methyl/N-ethyl adjacent to an activating group) is 1. The Morgan fingerprint density at radius 3 is 2.58 bits per heavy atom. The molecule has 19 heavy (non-hydrogen) atoms. The summed E-state index contributed by atoms with van der Waals surface area (Å²) in [6.07, 6.45) is 2.27. The number of piperidine rings is 1. The van der Waals surface area contributed by atoms with Crippen molar-refractivity contribution in [2.75, 3.05) is 26.7 Å². The minimum Gasteiger partial charge on any atom is -0.345 e. The number of Topliss-reactive ketones (excluding diaryl/α,β-unsaturated/α-hetero) is 1. The summed E-state index contributed by atoms with van der Waals surface area (Å²) in [4.78, 5) is 25.5. The van der Waals surface area contributed by atoms with Crippen molar-refractivity contribution in [2.45, 2.75) is 45.7 Å². The highest BCUT2D eigenvalue weighted by Crippen LogP contribution is 2.08. The standard InChI is InChI=1S/C14H27N3O2/c1-10(2)14(11(3)18)16-13(19)9-17(4)12-6-5-7-15-8-12/h10,12,14-15H,5-9H2,1-4H3,(H,16,19). The number of nitrogens with zero attached hydrogens (tertiary/aromatic N) is 1. The molecular formula is C14H27N3O2. The van der Waals surface area contributed by atoms with Crippen LogP contribution in [0.1, 0.15) is 33.6 Å². The van der Waals surface area contributed by atoms with E-state index in [4.69, 9.17) is 0 Å². The molecule has 0 aromatic carbocycles. The lowest BCUT2D eigenvalue weighted by atomic mass is 10.0. The van der Waals surface area contributed by atoms with Crippen LogP contribution in [0.15, 0.2) is 0 Å². The largest absolute Gasteiger partial charge is 0.345 e. The van der Waals surface area contributed by atoms with Crippen LogP contribution in [0, 0.1) is 5.92 Å². The topological polar surface area (TPSA) is 61.4 Å². The summed E-state index contributed by atoms with van der Waals surface area (Å²) < 4.78 is 0. The van der Waals surface area contributed by atoms with Gasteiger partial charge in [0, 0.05) is 12.6 Å². The van der Waals surface area contributed by atoms with Gasteiger partial charge in [0.05, 0.1) is 12.6 Å². The zero-order chi connectivity index (χ0) is 14.4. The van der Waals surface area contributed by atoms with Crippen molar-refractivity contribution < 1.29 is 9.59 Å². The van der Waals surface area contributed by atoms with Crippen LogP contribution in [0.2, 0.25) is 0 Å². The molecule has 1 amide bonds. The molecule has 2 atom stereocenters. The lowest BCUT2D eigenvalue weighted by Crippen LogP contribution is -2.51. The number of amides is 1. The number of carbonyl (C=O) groups is 2. The smallest absolute Gasteiger partial charge is 0.234 e. The van der Waals surface area contributed by atoms with Crippen molar-refractivity contribution in [3.05, 3.63) is 0 Å². The number of ketones is 1. The molecule has 1 rings (SSSR count). The van der Waals surface area contributed by atoms with Crippen LogP contribution in [-0.4, -0.2) is 55.4 Å². The van der Waals surface area contributed by atoms with E-state index in [1.165, 1.54) is 6.92 Å². The average Bonchev–Trinajstić information content (AvgIpc) is 2.36. The maximum atomic E-state index is 12.0. The highest BCUT2D eigenvalue weighted by molar-refractivity contribution is 5.88. The van der Waals surface area contributed by atoms with E-state index >= 15 is 0 Å². The Bertz CT molecular complexity index is 312. The molecule has 0 aromatic rings. The minimum absolute atomic E-state index is 0.0188. The monoisotopic (exact) mass is 269 g/mol. The Morgan fingerprint density at radius 1 is 1.42 bits per heavy atom. The Balaban J connectivity index is 2.42. The van der Waals surface area contributed by atoms with E-state index < -0.39 is 0 Å². The van der Waals surface area contributed by atoms with Gasteiger partial charge in [-0.15, -0.1) is 0 Å². The molecule has 0 spiro atoms. The predicted molar refractivity (Wildman–Crippen MR) is 76.0 cm³/mol. The molecule has 0 aliphatic carbocycles. The molecule has 2 unspecified atom stereocenters. The summed E-state index contributed by atoms with van der Waals surface area (Å²) in [7, 11) is 1.97. The van der Waals surface area contributed by atoms with Gasteiger partial charge in [0.15, 0.2) is 5.78 Å². The fraction of sp³-hybridized carbons (Fsp3) is 0.857. The summed E-state index contributed by atoms with van der Waals surface area (Å²) in [5.41, 5.74) is 0. The van der Waals surface area contributed by atoms with Crippen LogP contribution in [0.5, 0.6) is 0 Å². The molecule has 1 saturated heterocycles. The Morgan fingerprint density at radius 2 is 2.11 bits per heavy atom. The maximum Gasteiger partial charge on any atom is 0.234 e. The summed E-state index contributed by atoms with van der Waals surface area (Å²) in [5, 5.41) is 6.17. The van der Waals surface area contributed by atoms with Crippen molar-refractivity contribution in [3.63, 3.8) is 0 Å². The number of nitrogens with one attached hydrogen (secondary N) is 2. The first kappa shape index (κ1) is 16.1. The highest BCUT2D eigenvalue weighted by Gasteiger charge is 2.23. The first-order valence-corrected chi connectivity index (χ1v) is 7.12. The fourth-order valence-electron chi connectivity index (χ4n) is 2.52. The molecule has 0 radical (unpaired) electrons. The van der Waals surface area contributed by atoms with Gasteiger partial charge in [0.2, 0.25) is 5.91 Å². The van der Waals surface area contributed by atoms with Crippen LogP contribution in [0.3, 0.4) is 0 Å². The van der Waals surface area contributed by atoms with Crippen LogP contribution in [0.25, 0.3) is 0 Å². The normalized spacial score (nSPS) is 21.5. The summed E-state index contributed by atoms with van der Waals surface area (Å²) >= 11 is 0. The fourth-order valence-corrected chi connectivity index (χ4v) is 2.52. The van der Waals surface area contributed by atoms with Gasteiger partial charge in [-0.25, -0.2) is 0 Å². The molecule has 110 valence electrons. The van der Waals surface area contributed by atoms with E-state index in [1.807, 2.05) is 20.9 Å². The van der Waals surface area contributed by atoms with Crippen molar-refractivity contribution in [1.82, 2.24) is 15.5 Å². The summed E-state index contributed by atoms with van der Waals surface area (Å²) in [5.74, 6) is 0.0791. The van der Waals surface area contributed by atoms with Crippen molar-refractivity contribution in [1.29, 1.82) is 0 Å². The molecule has 0 aromatic heterocycles. The van der Waals surface area contributed by atoms with Crippen LogP contribution in [-0.2, 0) is 9.59 Å². The highest BCUT2D eigenvalue weighted by atomic mass is 16.2. The number of hydrogen-bond donors (Lipinski definition) is 2. The molecule has 0 saturated carbocycles. The van der Waals surface area contributed by atoms with Gasteiger partial charge in [0.25, 0.3) is 0 Å². The van der Waals surface area contributed by atoms with Crippen molar-refractivity contribution in [3.8, 4) is 0 Å². The number of rotatable bonds is 6. The molecular weight excluding hydrogens is 242 g/mol. The van der Waals surface area contributed by atoms with E-state index in [2.05, 4.69) is 15.5 Å². The zero-order valence-electron chi connectivity index (χ0n) is 12.5. The minimum atomic E-state index is -0.370. The van der Waals surface area contributed by atoms with Crippen molar-refractivity contribution >= 4 is 11.7 Å². The second-order valence-corrected chi connectivity index (χ2v) is 5.82. The third-order valence-corrected chi connectivity index (χ3v) is 3.71. The van der Waals surface area contributed by atoms with E-state index in [0.29, 0.717) is 12.6 Å². The number of hydrogen-bond acceptors (Lipinski definition) is 4. The lowest BCUT2D eigenvalue weighted by molar-refractivity contribution is -0.128. The lowest BCUT2D eigenvalue weighted by Gasteiger charge is -2.31. The van der Waals surface area contributed by atoms with Gasteiger partial charge in [-0.3, -0.25) is 14.5 Å². The van der Waals surface area contributed by atoms with Gasteiger partial charge in [-0.2, -0.15) is 0 Å². The molecule has 1 heterocycles. The number of carbonyl (C=O) groups excluding carboxylic acids is 2. The van der Waals surface area contributed by atoms with Crippen LogP contribution in [0.4, 0.5) is 0 Å². The molecule has 5 nitrogen and oxygen atoms in total. The third kappa shape index (κ3) is 5.28. The van der Waals surface area contributed by atoms with Gasteiger partial charge in [0.1, 0.15) is 0 Å². The van der Waals surface area contributed by atoms with Crippen LogP contribution >= 0.6 is 0 Å². The summed E-state index contributed by atoms with van der Waals surface area (Å²) in [6.45, 7) is 7.77. The van der Waals surface area contributed by atoms with Gasteiger partial charge < -0.3 is 10.6 Å². The molecule has 2 N–H and O–H groups in total. The Hall–Kier alpha value is -0.940. The molecule has 5 heteroatoms. The quantitative estimate of drug-likeness (QED) is 0.733. The third-order valence-electron chi connectivity index (χ3n) is 3.71. The van der Waals surface area contributed by atoms with E-state index in [-0.39, 0.29) is 23.7 Å². The molecule has 1 fully saturated rings. The second kappa shape index (κ2) is 7.60. The zero-order valence-corrected chi connectivity index (χ0v) is 12.5. The van der Waals surface area contributed by atoms with E-state index in [1.54, 1.807) is 0 Å². The van der Waals surface area contributed by atoms with Crippen molar-refractivity contribution in [2.24, 2.45) is 5.92 Å².